The topological polar surface area (TPSA) is 70.5 Å². The predicted molar refractivity (Wildman–Crippen MR) is 144 cm³/mol. The van der Waals surface area contributed by atoms with Gasteiger partial charge in [-0.3, -0.25) is 14.5 Å². The number of amides is 2. The number of para-hydroxylation sites is 2. The van der Waals surface area contributed by atoms with Crippen molar-refractivity contribution >= 4 is 22.8 Å². The molecule has 3 aliphatic heterocycles. The molecule has 0 aliphatic carbocycles. The largest absolute Gasteiger partial charge is 0.349 e. The minimum atomic E-state index is -0.260. The lowest BCUT2D eigenvalue weighted by molar-refractivity contribution is -0.128. The van der Waals surface area contributed by atoms with Gasteiger partial charge in [0, 0.05) is 44.7 Å². The van der Waals surface area contributed by atoms with Crippen LogP contribution in [0.1, 0.15) is 62.0 Å². The van der Waals surface area contributed by atoms with E-state index in [1.54, 1.807) is 11.9 Å². The first-order valence-corrected chi connectivity index (χ1v) is 13.8. The maximum atomic E-state index is 13.1. The summed E-state index contributed by atoms with van der Waals surface area (Å²) in [5, 5.41) is 3.31. The fourth-order valence-corrected chi connectivity index (χ4v) is 7.06. The average molecular weight is 500 g/mol. The van der Waals surface area contributed by atoms with Gasteiger partial charge in [0.05, 0.1) is 23.0 Å². The van der Waals surface area contributed by atoms with Crippen molar-refractivity contribution in [2.24, 2.45) is 5.92 Å². The van der Waals surface area contributed by atoms with Crippen molar-refractivity contribution in [1.82, 2.24) is 24.7 Å². The summed E-state index contributed by atoms with van der Waals surface area (Å²) in [7, 11) is 1.78. The van der Waals surface area contributed by atoms with Gasteiger partial charge >= 0.3 is 0 Å². The third-order valence-electron chi connectivity index (χ3n) is 8.90. The summed E-state index contributed by atoms with van der Waals surface area (Å²) in [5.74, 6) is 0.901. The van der Waals surface area contributed by atoms with Crippen molar-refractivity contribution in [2.75, 3.05) is 20.1 Å². The van der Waals surface area contributed by atoms with Crippen LogP contribution in [0.2, 0.25) is 0 Å². The minimum absolute atomic E-state index is 0.00399. The lowest BCUT2D eigenvalue weighted by Crippen LogP contribution is -2.45. The Bertz CT molecular complexity index is 1270. The van der Waals surface area contributed by atoms with E-state index < -0.39 is 0 Å². The van der Waals surface area contributed by atoms with Crippen LogP contribution in [-0.4, -0.2) is 63.4 Å². The molecule has 3 aromatic rings. The number of aromatic nitrogens is 2. The van der Waals surface area contributed by atoms with Crippen molar-refractivity contribution in [1.29, 1.82) is 0 Å². The van der Waals surface area contributed by atoms with Crippen LogP contribution in [0.4, 0.5) is 0 Å². The van der Waals surface area contributed by atoms with Crippen molar-refractivity contribution in [3.8, 4) is 0 Å². The highest BCUT2D eigenvalue weighted by Crippen LogP contribution is 2.42. The lowest BCUT2D eigenvalue weighted by Gasteiger charge is -2.40. The first-order chi connectivity index (χ1) is 18.0. The number of nitrogens with one attached hydrogen (secondary N) is 1. The van der Waals surface area contributed by atoms with Crippen LogP contribution in [0.15, 0.2) is 54.6 Å². The Morgan fingerprint density at radius 3 is 2.43 bits per heavy atom. The maximum Gasteiger partial charge on any atom is 0.225 e. The molecule has 194 valence electrons. The highest BCUT2D eigenvalue weighted by Gasteiger charge is 2.42. The van der Waals surface area contributed by atoms with Crippen molar-refractivity contribution in [3.63, 3.8) is 0 Å². The number of piperidine rings is 1. The molecule has 2 unspecified atom stereocenters. The molecule has 37 heavy (non-hydrogen) atoms. The third-order valence-corrected chi connectivity index (χ3v) is 8.90. The number of carbonyl (C=O) groups excluding carboxylic acids is 2. The lowest BCUT2D eigenvalue weighted by atomic mass is 9.95. The molecule has 7 heteroatoms. The number of likely N-dealkylation sites (tertiary alicyclic amines) is 1. The number of carbonyl (C=O) groups is 2. The first kappa shape index (κ1) is 24.2. The minimum Gasteiger partial charge on any atom is -0.349 e. The Kier molecular flexibility index (Phi) is 6.49. The molecule has 5 atom stereocenters. The standard InChI is InChI=1S/C30H37N5O2/c1-20-31-27-10-6-7-11-28(27)35(20)25-17-23-12-13-24(18-25)34(23)15-14-26(21-8-4-3-5-9-21)32-30(37)22-16-29(36)33(2)19-22/h3-11,22-26H,12-19H2,1-2H3,(H,32,37)/t22?,23-,24+,25?,26-/m0/s1. The van der Waals surface area contributed by atoms with Crippen molar-refractivity contribution < 1.29 is 9.59 Å². The van der Waals surface area contributed by atoms with E-state index in [0.717, 1.165) is 42.7 Å². The van der Waals surface area contributed by atoms with Crippen LogP contribution < -0.4 is 5.32 Å². The summed E-state index contributed by atoms with van der Waals surface area (Å²) in [6.07, 6.45) is 5.96. The first-order valence-electron chi connectivity index (χ1n) is 13.8. The van der Waals surface area contributed by atoms with Crippen LogP contribution in [0.3, 0.4) is 0 Å². The van der Waals surface area contributed by atoms with E-state index in [9.17, 15) is 9.59 Å². The predicted octanol–water partition coefficient (Wildman–Crippen LogP) is 4.24. The molecule has 0 spiro atoms. The maximum absolute atomic E-state index is 13.1. The summed E-state index contributed by atoms with van der Waals surface area (Å²) in [6.45, 7) is 3.61. The van der Waals surface area contributed by atoms with Gasteiger partial charge in [-0.05, 0) is 56.7 Å². The molecular formula is C30H37N5O2. The number of aryl methyl sites for hydroxylation is 1. The van der Waals surface area contributed by atoms with Gasteiger partial charge in [0.1, 0.15) is 5.82 Å². The number of nitrogens with zero attached hydrogens (tertiary/aromatic N) is 4. The molecule has 1 aromatic heterocycles. The van der Waals surface area contributed by atoms with E-state index in [-0.39, 0.29) is 23.8 Å². The van der Waals surface area contributed by atoms with Gasteiger partial charge in [0.25, 0.3) is 0 Å². The van der Waals surface area contributed by atoms with E-state index in [2.05, 4.69) is 58.1 Å². The van der Waals surface area contributed by atoms with Crippen LogP contribution in [0, 0.1) is 12.8 Å². The molecule has 4 heterocycles. The van der Waals surface area contributed by atoms with Gasteiger partial charge in [-0.1, -0.05) is 42.5 Å². The van der Waals surface area contributed by atoms with E-state index >= 15 is 0 Å². The normalized spacial score (nSPS) is 26.6. The van der Waals surface area contributed by atoms with Gasteiger partial charge in [-0.2, -0.15) is 0 Å². The van der Waals surface area contributed by atoms with E-state index in [1.807, 2.05) is 18.2 Å². The molecule has 2 aromatic carbocycles. The zero-order valence-corrected chi connectivity index (χ0v) is 21.8. The van der Waals surface area contributed by atoms with Gasteiger partial charge in [0.15, 0.2) is 0 Å². The highest BCUT2D eigenvalue weighted by atomic mass is 16.2. The molecule has 0 saturated carbocycles. The Morgan fingerprint density at radius 1 is 1.03 bits per heavy atom. The second-order valence-corrected chi connectivity index (χ2v) is 11.2. The van der Waals surface area contributed by atoms with Gasteiger partial charge in [0.2, 0.25) is 11.8 Å². The molecule has 2 bridgehead atoms. The summed E-state index contributed by atoms with van der Waals surface area (Å²) < 4.78 is 2.48. The smallest absolute Gasteiger partial charge is 0.225 e. The van der Waals surface area contributed by atoms with Crippen molar-refractivity contribution in [3.05, 3.63) is 66.0 Å². The Labute approximate surface area is 218 Å². The van der Waals surface area contributed by atoms with Crippen LogP contribution in [-0.2, 0) is 9.59 Å². The Balaban J connectivity index is 1.14. The fraction of sp³-hybridized carbons (Fsp3) is 0.500. The fourth-order valence-electron chi connectivity index (χ4n) is 7.06. The molecule has 0 radical (unpaired) electrons. The number of hydrogen-bond donors (Lipinski definition) is 1. The van der Waals surface area contributed by atoms with E-state index in [1.165, 1.54) is 18.4 Å². The third kappa shape index (κ3) is 4.65. The molecular weight excluding hydrogens is 462 g/mol. The molecule has 7 nitrogen and oxygen atoms in total. The number of hydrogen-bond acceptors (Lipinski definition) is 4. The van der Waals surface area contributed by atoms with E-state index in [0.29, 0.717) is 31.1 Å². The number of rotatable bonds is 7. The molecule has 2 amide bonds. The molecule has 3 aliphatic rings. The average Bonchev–Trinajstić information content (AvgIpc) is 3.50. The number of imidazole rings is 1. The van der Waals surface area contributed by atoms with E-state index in [4.69, 9.17) is 4.98 Å². The van der Waals surface area contributed by atoms with Crippen LogP contribution in [0.5, 0.6) is 0 Å². The monoisotopic (exact) mass is 499 g/mol. The SMILES string of the molecule is Cc1nc2ccccc2n1C1C[C@H]2CC[C@@H](C1)N2CC[C@H](NC(=O)C1CC(=O)N(C)C1)c1ccccc1. The summed E-state index contributed by atoms with van der Waals surface area (Å²) in [6, 6.07) is 20.4. The van der Waals surface area contributed by atoms with Crippen LogP contribution in [0.25, 0.3) is 11.0 Å². The van der Waals surface area contributed by atoms with Crippen molar-refractivity contribution in [2.45, 2.75) is 69.6 Å². The van der Waals surface area contributed by atoms with Gasteiger partial charge < -0.3 is 14.8 Å². The number of fused-ring (bicyclic) bond motifs is 3. The quantitative estimate of drug-likeness (QED) is 0.528. The molecule has 3 saturated heterocycles. The number of benzene rings is 2. The zero-order chi connectivity index (χ0) is 25.5. The van der Waals surface area contributed by atoms with Gasteiger partial charge in [-0.25, -0.2) is 4.98 Å². The summed E-state index contributed by atoms with van der Waals surface area (Å²) in [5.41, 5.74) is 3.48. The highest BCUT2D eigenvalue weighted by molar-refractivity contribution is 5.89. The Morgan fingerprint density at radius 2 is 1.73 bits per heavy atom. The summed E-state index contributed by atoms with van der Waals surface area (Å²) >= 11 is 0. The second-order valence-electron chi connectivity index (χ2n) is 11.2. The molecule has 3 fully saturated rings. The molecule has 6 rings (SSSR count). The zero-order valence-electron chi connectivity index (χ0n) is 21.8. The van der Waals surface area contributed by atoms with Crippen LogP contribution >= 0.6 is 0 Å². The van der Waals surface area contributed by atoms with Gasteiger partial charge in [-0.15, -0.1) is 0 Å². The second kappa shape index (κ2) is 9.93. The Hall–Kier alpha value is -3.19. The summed E-state index contributed by atoms with van der Waals surface area (Å²) in [4.78, 5) is 34.3. The molecule has 1 N–H and O–H groups in total.